The van der Waals surface area contributed by atoms with Crippen molar-refractivity contribution in [1.29, 1.82) is 0 Å². The number of hydrogen-bond donors (Lipinski definition) is 0. The molecular formula is C17H15N. The molecule has 0 amide bonds. The first-order valence-corrected chi connectivity index (χ1v) is 6.17. The summed E-state index contributed by atoms with van der Waals surface area (Å²) < 4.78 is 0. The van der Waals surface area contributed by atoms with Crippen LogP contribution in [-0.4, -0.2) is 4.98 Å². The molecule has 0 bridgehead atoms. The zero-order valence-corrected chi connectivity index (χ0v) is 10.6. The molecule has 0 unspecified atom stereocenters. The van der Waals surface area contributed by atoms with Gasteiger partial charge in [-0.2, -0.15) is 0 Å². The van der Waals surface area contributed by atoms with Crippen molar-refractivity contribution in [2.75, 3.05) is 0 Å². The normalized spacial score (nSPS) is 10.8. The quantitative estimate of drug-likeness (QED) is 0.604. The summed E-state index contributed by atoms with van der Waals surface area (Å²) in [6.07, 6.45) is 0. The molecule has 0 atom stereocenters. The van der Waals surface area contributed by atoms with Crippen molar-refractivity contribution in [2.24, 2.45) is 0 Å². The van der Waals surface area contributed by atoms with Gasteiger partial charge >= 0.3 is 0 Å². The maximum atomic E-state index is 4.44. The largest absolute Gasteiger partial charge is 0.258 e. The molecule has 1 heterocycles. The van der Waals surface area contributed by atoms with Gasteiger partial charge in [0.05, 0.1) is 0 Å². The Morgan fingerprint density at radius 1 is 0.667 bits per heavy atom. The standard InChI is InChI=1S/C17H15N/c1-12-10-15(11-13(2)18-12)17-9-8-14-6-4-3-5-7-16(14)17/h3-11H,1-2H3. The molecule has 0 saturated heterocycles. The number of hydrogen-bond acceptors (Lipinski definition) is 1. The summed E-state index contributed by atoms with van der Waals surface area (Å²) in [5.41, 5.74) is 7.25. The Morgan fingerprint density at radius 3 is 2.11 bits per heavy atom. The summed E-state index contributed by atoms with van der Waals surface area (Å²) in [6, 6.07) is 19.2. The Balaban J connectivity index is 2.22. The fourth-order valence-corrected chi connectivity index (χ4v) is 2.46. The van der Waals surface area contributed by atoms with E-state index in [-0.39, 0.29) is 0 Å². The van der Waals surface area contributed by atoms with E-state index < -0.39 is 0 Å². The Hall–Kier alpha value is -2.15. The van der Waals surface area contributed by atoms with E-state index in [0.29, 0.717) is 0 Å². The molecule has 3 rings (SSSR count). The van der Waals surface area contributed by atoms with Crippen LogP contribution in [-0.2, 0) is 0 Å². The van der Waals surface area contributed by atoms with Crippen LogP contribution in [0.1, 0.15) is 11.4 Å². The highest BCUT2D eigenvalue weighted by atomic mass is 14.7. The SMILES string of the molecule is Cc1cc(-c2ccc3cccccc2-3)cc(C)n1. The summed E-state index contributed by atoms with van der Waals surface area (Å²) in [6.45, 7) is 4.09. The molecule has 0 aliphatic heterocycles. The monoisotopic (exact) mass is 233 g/mol. The molecule has 0 saturated carbocycles. The number of aryl methyl sites for hydroxylation is 2. The predicted molar refractivity (Wildman–Crippen MR) is 75.8 cm³/mol. The Kier molecular flexibility index (Phi) is 2.60. The number of pyridine rings is 1. The molecule has 1 nitrogen and oxygen atoms in total. The van der Waals surface area contributed by atoms with E-state index in [1.807, 2.05) is 13.8 Å². The summed E-state index contributed by atoms with van der Waals surface area (Å²) >= 11 is 0. The molecular weight excluding hydrogens is 218 g/mol. The van der Waals surface area contributed by atoms with Gasteiger partial charge in [-0.05, 0) is 48.2 Å². The summed E-state index contributed by atoms with van der Waals surface area (Å²) in [5.74, 6) is 0. The van der Waals surface area contributed by atoms with Crippen LogP contribution < -0.4 is 0 Å². The molecule has 0 spiro atoms. The molecule has 0 N–H and O–H groups in total. The molecule has 0 fully saturated rings. The Bertz CT molecular complexity index is 650. The number of nitrogens with zero attached hydrogens (tertiary/aromatic N) is 1. The third-order valence-corrected chi connectivity index (χ3v) is 3.18. The fraction of sp³-hybridized carbons (Fsp3) is 0.118. The molecule has 2 aliphatic carbocycles. The minimum absolute atomic E-state index is 1.07. The van der Waals surface area contributed by atoms with Gasteiger partial charge in [-0.3, -0.25) is 4.98 Å². The lowest BCUT2D eigenvalue weighted by atomic mass is 10.0. The average molecular weight is 233 g/mol. The predicted octanol–water partition coefficient (Wildman–Crippen LogP) is 4.47. The van der Waals surface area contributed by atoms with Crippen molar-refractivity contribution in [3.63, 3.8) is 0 Å². The lowest BCUT2D eigenvalue weighted by Crippen LogP contribution is -1.87. The smallest absolute Gasteiger partial charge is 0.0382 e. The van der Waals surface area contributed by atoms with E-state index >= 15 is 0 Å². The number of rotatable bonds is 1. The highest BCUT2D eigenvalue weighted by molar-refractivity contribution is 5.86. The van der Waals surface area contributed by atoms with Crippen LogP contribution in [0.3, 0.4) is 0 Å². The van der Waals surface area contributed by atoms with Gasteiger partial charge < -0.3 is 0 Å². The van der Waals surface area contributed by atoms with Crippen LogP contribution in [0.25, 0.3) is 22.3 Å². The Labute approximate surface area is 107 Å². The minimum Gasteiger partial charge on any atom is -0.258 e. The fourth-order valence-electron chi connectivity index (χ4n) is 2.46. The van der Waals surface area contributed by atoms with E-state index in [1.54, 1.807) is 0 Å². The zero-order valence-electron chi connectivity index (χ0n) is 10.6. The highest BCUT2D eigenvalue weighted by Gasteiger charge is 2.10. The van der Waals surface area contributed by atoms with Crippen molar-refractivity contribution in [3.8, 4) is 22.3 Å². The van der Waals surface area contributed by atoms with Gasteiger partial charge in [0.2, 0.25) is 0 Å². The topological polar surface area (TPSA) is 12.9 Å². The van der Waals surface area contributed by atoms with E-state index in [4.69, 9.17) is 0 Å². The first-order valence-electron chi connectivity index (χ1n) is 6.17. The van der Waals surface area contributed by atoms with Crippen molar-refractivity contribution >= 4 is 0 Å². The van der Waals surface area contributed by atoms with E-state index in [2.05, 4.69) is 59.6 Å². The molecule has 1 heteroatoms. The third kappa shape index (κ3) is 1.88. The van der Waals surface area contributed by atoms with Crippen LogP contribution in [0.15, 0.2) is 54.6 Å². The minimum atomic E-state index is 1.07. The maximum Gasteiger partial charge on any atom is 0.0382 e. The van der Waals surface area contributed by atoms with Gasteiger partial charge in [-0.15, -0.1) is 0 Å². The zero-order chi connectivity index (χ0) is 12.5. The van der Waals surface area contributed by atoms with Gasteiger partial charge in [-0.1, -0.05) is 42.5 Å². The molecule has 0 radical (unpaired) electrons. The van der Waals surface area contributed by atoms with Crippen molar-refractivity contribution < 1.29 is 0 Å². The van der Waals surface area contributed by atoms with Crippen LogP contribution >= 0.6 is 0 Å². The first-order chi connectivity index (χ1) is 8.74. The Morgan fingerprint density at radius 2 is 1.33 bits per heavy atom. The summed E-state index contributed by atoms with van der Waals surface area (Å²) in [7, 11) is 0. The molecule has 1 aromatic rings. The summed E-state index contributed by atoms with van der Waals surface area (Å²) in [5, 5.41) is 0. The number of aromatic nitrogens is 1. The van der Waals surface area contributed by atoms with Crippen LogP contribution in [0.4, 0.5) is 0 Å². The number of fused-ring (bicyclic) bond motifs is 1. The lowest BCUT2D eigenvalue weighted by molar-refractivity contribution is 1.12. The highest BCUT2D eigenvalue weighted by Crippen LogP contribution is 2.35. The van der Waals surface area contributed by atoms with Gasteiger partial charge in [0.1, 0.15) is 0 Å². The second-order valence-corrected chi connectivity index (χ2v) is 4.67. The molecule has 1 aromatic heterocycles. The lowest BCUT2D eigenvalue weighted by Gasteiger charge is -2.05. The van der Waals surface area contributed by atoms with Crippen molar-refractivity contribution in [1.82, 2.24) is 4.98 Å². The third-order valence-electron chi connectivity index (χ3n) is 3.18. The van der Waals surface area contributed by atoms with E-state index in [0.717, 1.165) is 11.4 Å². The molecule has 2 aliphatic rings. The van der Waals surface area contributed by atoms with Gasteiger partial charge in [0.25, 0.3) is 0 Å². The van der Waals surface area contributed by atoms with Crippen LogP contribution in [0, 0.1) is 13.8 Å². The van der Waals surface area contributed by atoms with Crippen LogP contribution in [0.5, 0.6) is 0 Å². The summed E-state index contributed by atoms with van der Waals surface area (Å²) in [4.78, 5) is 4.44. The molecule has 0 aromatic carbocycles. The van der Waals surface area contributed by atoms with Crippen molar-refractivity contribution in [2.45, 2.75) is 13.8 Å². The second-order valence-electron chi connectivity index (χ2n) is 4.67. The van der Waals surface area contributed by atoms with Gasteiger partial charge in [-0.25, -0.2) is 0 Å². The van der Waals surface area contributed by atoms with Crippen LogP contribution in [0.2, 0.25) is 0 Å². The van der Waals surface area contributed by atoms with E-state index in [1.165, 1.54) is 22.3 Å². The maximum absolute atomic E-state index is 4.44. The van der Waals surface area contributed by atoms with Gasteiger partial charge in [0, 0.05) is 11.4 Å². The van der Waals surface area contributed by atoms with Crippen molar-refractivity contribution in [3.05, 3.63) is 66.0 Å². The second kappa shape index (κ2) is 4.26. The average Bonchev–Trinajstić information content (AvgIpc) is 2.57. The molecule has 88 valence electrons. The first kappa shape index (κ1) is 11.0. The van der Waals surface area contributed by atoms with Gasteiger partial charge in [0.15, 0.2) is 0 Å². The van der Waals surface area contributed by atoms with E-state index in [9.17, 15) is 0 Å². The molecule has 18 heavy (non-hydrogen) atoms.